The van der Waals surface area contributed by atoms with Crippen LogP contribution >= 0.6 is 0 Å². The Morgan fingerprint density at radius 2 is 1.87 bits per heavy atom. The van der Waals surface area contributed by atoms with Gasteiger partial charge in [-0.05, 0) is 48.7 Å². The smallest absolute Gasteiger partial charge is 0.345 e. The summed E-state index contributed by atoms with van der Waals surface area (Å²) in [5, 5.41) is 2.86. The average molecular weight is 418 g/mol. The van der Waals surface area contributed by atoms with Crippen molar-refractivity contribution < 1.29 is 18.0 Å². The molecule has 1 aromatic heterocycles. The van der Waals surface area contributed by atoms with Crippen molar-refractivity contribution in [2.75, 3.05) is 23.8 Å². The van der Waals surface area contributed by atoms with Crippen LogP contribution in [0.15, 0.2) is 42.5 Å². The third kappa shape index (κ3) is 4.93. The van der Waals surface area contributed by atoms with E-state index in [4.69, 9.17) is 0 Å². The molecule has 0 bridgehead atoms. The largest absolute Gasteiger partial charge is 0.416 e. The van der Waals surface area contributed by atoms with Crippen molar-refractivity contribution >= 4 is 28.6 Å². The number of rotatable bonds is 7. The molecule has 0 saturated heterocycles. The Morgan fingerprint density at radius 1 is 1.17 bits per heavy atom. The van der Waals surface area contributed by atoms with Crippen LogP contribution in [0.5, 0.6) is 0 Å². The van der Waals surface area contributed by atoms with E-state index in [2.05, 4.69) is 22.1 Å². The van der Waals surface area contributed by atoms with Crippen LogP contribution in [0.1, 0.15) is 30.9 Å². The number of imidazole rings is 1. The second-order valence-electron chi connectivity index (χ2n) is 7.34. The fourth-order valence-electron chi connectivity index (χ4n) is 3.37. The van der Waals surface area contributed by atoms with Crippen LogP contribution in [0.3, 0.4) is 0 Å². The van der Waals surface area contributed by atoms with Crippen LogP contribution in [-0.2, 0) is 24.4 Å². The maximum absolute atomic E-state index is 12.6. The molecular formula is C22H25F3N4O. The van der Waals surface area contributed by atoms with E-state index in [0.717, 1.165) is 42.1 Å². The van der Waals surface area contributed by atoms with Gasteiger partial charge in [0.15, 0.2) is 0 Å². The quantitative estimate of drug-likeness (QED) is 0.587. The Bertz CT molecular complexity index is 1030. The number of fused-ring (bicyclic) bond motifs is 1. The van der Waals surface area contributed by atoms with E-state index in [1.54, 1.807) is 6.07 Å². The van der Waals surface area contributed by atoms with Gasteiger partial charge in [0.2, 0.25) is 11.9 Å². The standard InChI is InChI=1S/C22H25F3N4O/c1-4-13-28(2)21-27-18-11-10-17(14-19(18)29(21)3)26-20(30)12-7-15-5-8-16(9-6-15)22(23,24)25/h5-6,8-11,14H,4,7,12-13H2,1-3H3,(H,26,30). The Labute approximate surface area is 173 Å². The zero-order valence-electron chi connectivity index (χ0n) is 17.3. The number of hydrogen-bond acceptors (Lipinski definition) is 3. The van der Waals surface area contributed by atoms with Crippen LogP contribution in [0, 0.1) is 0 Å². The van der Waals surface area contributed by atoms with Gasteiger partial charge in [0.05, 0.1) is 16.6 Å². The number of anilines is 2. The van der Waals surface area contributed by atoms with Crippen LogP contribution in [0.4, 0.5) is 24.8 Å². The molecule has 0 spiro atoms. The molecule has 0 aliphatic heterocycles. The number of carbonyl (C=O) groups excluding carboxylic acids is 1. The number of aromatic nitrogens is 2. The molecule has 1 heterocycles. The number of halogens is 3. The fraction of sp³-hybridized carbons (Fsp3) is 0.364. The highest BCUT2D eigenvalue weighted by molar-refractivity contribution is 5.93. The summed E-state index contributed by atoms with van der Waals surface area (Å²) >= 11 is 0. The molecular weight excluding hydrogens is 393 g/mol. The van der Waals surface area contributed by atoms with Crippen molar-refractivity contribution in [1.29, 1.82) is 0 Å². The number of benzene rings is 2. The lowest BCUT2D eigenvalue weighted by atomic mass is 10.1. The van der Waals surface area contributed by atoms with E-state index in [1.807, 2.05) is 30.8 Å². The normalized spacial score (nSPS) is 11.7. The summed E-state index contributed by atoms with van der Waals surface area (Å²) in [7, 11) is 3.93. The van der Waals surface area contributed by atoms with Gasteiger partial charge in [0, 0.05) is 32.7 Å². The minimum absolute atomic E-state index is 0.180. The van der Waals surface area contributed by atoms with Gasteiger partial charge in [-0.1, -0.05) is 19.1 Å². The van der Waals surface area contributed by atoms with Crippen molar-refractivity contribution in [3.05, 3.63) is 53.6 Å². The minimum Gasteiger partial charge on any atom is -0.345 e. The monoisotopic (exact) mass is 418 g/mol. The molecule has 160 valence electrons. The van der Waals surface area contributed by atoms with Crippen molar-refractivity contribution in [3.63, 3.8) is 0 Å². The molecule has 0 aliphatic rings. The van der Waals surface area contributed by atoms with Crippen LogP contribution in [0.2, 0.25) is 0 Å². The lowest BCUT2D eigenvalue weighted by Crippen LogP contribution is -2.21. The van der Waals surface area contributed by atoms with Gasteiger partial charge in [0.1, 0.15) is 0 Å². The summed E-state index contributed by atoms with van der Waals surface area (Å²) in [4.78, 5) is 19.0. The molecule has 0 radical (unpaired) electrons. The van der Waals surface area contributed by atoms with Gasteiger partial charge >= 0.3 is 6.18 Å². The van der Waals surface area contributed by atoms with Gasteiger partial charge in [-0.15, -0.1) is 0 Å². The van der Waals surface area contributed by atoms with Crippen molar-refractivity contribution in [3.8, 4) is 0 Å². The Kier molecular flexibility index (Phi) is 6.34. The molecule has 0 unspecified atom stereocenters. The molecule has 1 N–H and O–H groups in total. The first-order valence-electron chi connectivity index (χ1n) is 9.82. The van der Waals surface area contributed by atoms with Crippen molar-refractivity contribution in [2.24, 2.45) is 7.05 Å². The van der Waals surface area contributed by atoms with E-state index in [1.165, 1.54) is 12.1 Å². The van der Waals surface area contributed by atoms with E-state index in [9.17, 15) is 18.0 Å². The number of nitrogens with zero attached hydrogens (tertiary/aromatic N) is 3. The van der Waals surface area contributed by atoms with Crippen LogP contribution in [0.25, 0.3) is 11.0 Å². The molecule has 0 aliphatic carbocycles. The summed E-state index contributed by atoms with van der Waals surface area (Å²) in [6, 6.07) is 10.4. The molecule has 2 aromatic carbocycles. The zero-order valence-corrected chi connectivity index (χ0v) is 17.3. The lowest BCUT2D eigenvalue weighted by Gasteiger charge is -2.16. The first-order valence-corrected chi connectivity index (χ1v) is 9.82. The van der Waals surface area contributed by atoms with E-state index in [0.29, 0.717) is 17.7 Å². The zero-order chi connectivity index (χ0) is 21.9. The molecule has 30 heavy (non-hydrogen) atoms. The molecule has 0 fully saturated rings. The second-order valence-corrected chi connectivity index (χ2v) is 7.34. The van der Waals surface area contributed by atoms with Gasteiger partial charge in [-0.25, -0.2) is 4.98 Å². The predicted molar refractivity (Wildman–Crippen MR) is 113 cm³/mol. The molecule has 3 aromatic rings. The van der Waals surface area contributed by atoms with Crippen molar-refractivity contribution in [1.82, 2.24) is 9.55 Å². The second kappa shape index (κ2) is 8.77. The third-order valence-corrected chi connectivity index (χ3v) is 4.96. The van der Waals surface area contributed by atoms with Crippen LogP contribution < -0.4 is 10.2 Å². The van der Waals surface area contributed by atoms with Gasteiger partial charge in [-0.3, -0.25) is 4.79 Å². The summed E-state index contributed by atoms with van der Waals surface area (Å²) in [5.74, 6) is 0.664. The SMILES string of the molecule is CCCN(C)c1nc2ccc(NC(=O)CCc3ccc(C(F)(F)F)cc3)cc2n1C. The highest BCUT2D eigenvalue weighted by Gasteiger charge is 2.29. The van der Waals surface area contributed by atoms with Crippen molar-refractivity contribution in [2.45, 2.75) is 32.4 Å². The summed E-state index contributed by atoms with van der Waals surface area (Å²) < 4.78 is 39.9. The molecule has 5 nitrogen and oxygen atoms in total. The fourth-order valence-corrected chi connectivity index (χ4v) is 3.37. The predicted octanol–water partition coefficient (Wildman–Crippen LogP) is 5.01. The maximum Gasteiger partial charge on any atom is 0.416 e. The summed E-state index contributed by atoms with van der Waals surface area (Å²) in [6.07, 6.45) is -2.80. The molecule has 0 atom stereocenters. The van der Waals surface area contributed by atoms with Gasteiger partial charge in [0.25, 0.3) is 0 Å². The Morgan fingerprint density at radius 3 is 2.50 bits per heavy atom. The highest BCUT2D eigenvalue weighted by atomic mass is 19.4. The molecule has 8 heteroatoms. The third-order valence-electron chi connectivity index (χ3n) is 4.96. The molecule has 3 rings (SSSR count). The number of alkyl halides is 3. The summed E-state index contributed by atoms with van der Waals surface area (Å²) in [5.41, 5.74) is 2.41. The molecule has 1 amide bonds. The Hall–Kier alpha value is -3.03. The number of aryl methyl sites for hydroxylation is 2. The Balaban J connectivity index is 1.64. The highest BCUT2D eigenvalue weighted by Crippen LogP contribution is 2.29. The summed E-state index contributed by atoms with van der Waals surface area (Å²) in [6.45, 7) is 3.00. The topological polar surface area (TPSA) is 50.2 Å². The minimum atomic E-state index is -4.36. The van der Waals surface area contributed by atoms with Gasteiger partial charge < -0.3 is 14.8 Å². The number of nitrogens with one attached hydrogen (secondary N) is 1. The van der Waals surface area contributed by atoms with E-state index in [-0.39, 0.29) is 12.3 Å². The first-order chi connectivity index (χ1) is 14.2. The first kappa shape index (κ1) is 21.7. The number of amides is 1. The maximum atomic E-state index is 12.6. The van der Waals surface area contributed by atoms with Crippen LogP contribution in [-0.4, -0.2) is 29.1 Å². The molecule has 0 saturated carbocycles. The lowest BCUT2D eigenvalue weighted by molar-refractivity contribution is -0.137. The number of hydrogen-bond donors (Lipinski definition) is 1. The number of carbonyl (C=O) groups is 1. The average Bonchev–Trinajstić information content (AvgIpc) is 3.03. The van der Waals surface area contributed by atoms with Gasteiger partial charge in [-0.2, -0.15) is 13.2 Å². The van der Waals surface area contributed by atoms with E-state index >= 15 is 0 Å². The van der Waals surface area contributed by atoms with E-state index < -0.39 is 11.7 Å².